The average Bonchev–Trinajstić information content (AvgIpc) is 2.92. The molecule has 0 aliphatic rings. The number of nitrogens with zero attached hydrogens (tertiary/aromatic N) is 1. The van der Waals surface area contributed by atoms with E-state index in [2.05, 4.69) is 78.1 Å². The van der Waals surface area contributed by atoms with Gasteiger partial charge in [0.15, 0.2) is 0 Å². The first kappa shape index (κ1) is 29.6. The van der Waals surface area contributed by atoms with Crippen LogP contribution in [0.3, 0.4) is 0 Å². The van der Waals surface area contributed by atoms with Crippen molar-refractivity contribution in [3.05, 3.63) is 108 Å². The lowest BCUT2D eigenvalue weighted by Crippen LogP contribution is -2.43. The van der Waals surface area contributed by atoms with E-state index in [1.54, 1.807) is 18.0 Å². The molecule has 0 amide bonds. The summed E-state index contributed by atoms with van der Waals surface area (Å²) in [5.74, 6) is -0.965. The van der Waals surface area contributed by atoms with Gasteiger partial charge in [0.05, 0.1) is 6.10 Å². The number of aliphatic hydroxyl groups is 1. The van der Waals surface area contributed by atoms with Crippen molar-refractivity contribution in [2.45, 2.75) is 43.2 Å². The van der Waals surface area contributed by atoms with Gasteiger partial charge >= 0.3 is 5.97 Å². The van der Waals surface area contributed by atoms with Crippen LogP contribution in [0.15, 0.2) is 102 Å². The first-order valence-electron chi connectivity index (χ1n) is 13.6. The van der Waals surface area contributed by atoms with Crippen LogP contribution in [-0.2, 0) is 11.2 Å². The van der Waals surface area contributed by atoms with Crippen molar-refractivity contribution in [3.8, 4) is 11.1 Å². The minimum atomic E-state index is -0.965. The maximum Gasteiger partial charge on any atom is 0.328 e. The third-order valence-electron chi connectivity index (χ3n) is 6.80. The Morgan fingerprint density at radius 1 is 0.975 bits per heavy atom. The Kier molecular flexibility index (Phi) is 10.2. The van der Waals surface area contributed by atoms with E-state index >= 15 is 0 Å². The van der Waals surface area contributed by atoms with Crippen LogP contribution in [0, 0.1) is 0 Å². The Bertz CT molecular complexity index is 1450. The lowest BCUT2D eigenvalue weighted by atomic mass is 9.93. The van der Waals surface area contributed by atoms with Gasteiger partial charge in [-0.1, -0.05) is 78.9 Å². The van der Waals surface area contributed by atoms with Crippen molar-refractivity contribution in [2.24, 2.45) is 0 Å². The van der Waals surface area contributed by atoms with E-state index < -0.39 is 12.1 Å². The van der Waals surface area contributed by atoms with E-state index in [0.29, 0.717) is 13.0 Å². The van der Waals surface area contributed by atoms with Crippen LogP contribution in [0.1, 0.15) is 31.4 Å². The molecule has 40 heavy (non-hydrogen) atoms. The summed E-state index contributed by atoms with van der Waals surface area (Å²) in [5, 5.41) is 25.8. The molecular formula is C34H38N2O3S. The van der Waals surface area contributed by atoms with Gasteiger partial charge in [0, 0.05) is 23.1 Å². The largest absolute Gasteiger partial charge is 0.478 e. The smallest absolute Gasteiger partial charge is 0.328 e. The molecule has 0 unspecified atom stereocenters. The second-order valence-corrected chi connectivity index (χ2v) is 12.1. The summed E-state index contributed by atoms with van der Waals surface area (Å²) in [6, 6.07) is 31.0. The predicted molar refractivity (Wildman–Crippen MR) is 167 cm³/mol. The molecular weight excluding hydrogens is 516 g/mol. The molecule has 3 N–H and O–H groups in total. The number of likely N-dealkylation sites (N-methyl/N-ethyl adjacent to an activating group) is 1. The number of rotatable bonds is 13. The maximum absolute atomic E-state index is 10.9. The molecule has 1 atom stereocenters. The van der Waals surface area contributed by atoms with Gasteiger partial charge in [0.25, 0.3) is 0 Å². The number of carboxylic acids is 1. The fourth-order valence-corrected chi connectivity index (χ4v) is 5.73. The SMILES string of the molecule is CN(C[C@H](O)CCNC(C)(C)Cc1ccc2ccccc2c1)Sc1ccc(-c2ccccc2/C=C/C(=O)O)cc1. The number of benzene rings is 4. The van der Waals surface area contributed by atoms with Gasteiger partial charge in [-0.05, 0) is 103 Å². The summed E-state index contributed by atoms with van der Waals surface area (Å²) >= 11 is 1.60. The van der Waals surface area contributed by atoms with E-state index in [4.69, 9.17) is 5.11 Å². The fourth-order valence-electron chi connectivity index (χ4n) is 4.87. The summed E-state index contributed by atoms with van der Waals surface area (Å²) in [5.41, 5.74) is 4.09. The van der Waals surface area contributed by atoms with Gasteiger partial charge in [-0.3, -0.25) is 0 Å². The summed E-state index contributed by atoms with van der Waals surface area (Å²) in [6.45, 7) is 5.72. The molecule has 0 heterocycles. The van der Waals surface area contributed by atoms with Crippen molar-refractivity contribution in [1.82, 2.24) is 9.62 Å². The lowest BCUT2D eigenvalue weighted by Gasteiger charge is -2.28. The minimum Gasteiger partial charge on any atom is -0.478 e. The summed E-state index contributed by atoms with van der Waals surface area (Å²) in [7, 11) is 1.99. The van der Waals surface area contributed by atoms with Crippen molar-refractivity contribution in [3.63, 3.8) is 0 Å². The Balaban J connectivity index is 1.24. The Labute approximate surface area is 241 Å². The Morgan fingerprint density at radius 3 is 2.42 bits per heavy atom. The van der Waals surface area contributed by atoms with Crippen LogP contribution in [0.5, 0.6) is 0 Å². The van der Waals surface area contributed by atoms with Crippen molar-refractivity contribution in [2.75, 3.05) is 20.1 Å². The number of carboxylic acid groups (broad SMARTS) is 1. The zero-order valence-electron chi connectivity index (χ0n) is 23.4. The lowest BCUT2D eigenvalue weighted by molar-refractivity contribution is -0.131. The zero-order chi connectivity index (χ0) is 28.5. The van der Waals surface area contributed by atoms with Crippen molar-refractivity contribution in [1.29, 1.82) is 0 Å². The van der Waals surface area contributed by atoms with Gasteiger partial charge < -0.3 is 15.5 Å². The number of aliphatic carboxylic acids is 1. The quantitative estimate of drug-likeness (QED) is 0.123. The molecule has 0 bridgehead atoms. The first-order valence-corrected chi connectivity index (χ1v) is 14.4. The van der Waals surface area contributed by atoms with Crippen LogP contribution >= 0.6 is 11.9 Å². The molecule has 4 rings (SSSR count). The molecule has 4 aromatic rings. The highest BCUT2D eigenvalue weighted by molar-refractivity contribution is 7.97. The third kappa shape index (κ3) is 8.80. The number of hydrogen-bond donors (Lipinski definition) is 3. The van der Waals surface area contributed by atoms with Crippen LogP contribution in [0.4, 0.5) is 0 Å². The fraction of sp³-hybridized carbons (Fsp3) is 0.265. The molecule has 5 nitrogen and oxygen atoms in total. The maximum atomic E-state index is 10.9. The molecule has 0 aliphatic carbocycles. The predicted octanol–water partition coefficient (Wildman–Crippen LogP) is 6.91. The van der Waals surface area contributed by atoms with Crippen LogP contribution in [-0.4, -0.2) is 52.3 Å². The normalized spacial score (nSPS) is 12.8. The van der Waals surface area contributed by atoms with Crippen molar-refractivity contribution >= 4 is 34.8 Å². The number of fused-ring (bicyclic) bond motifs is 1. The van der Waals surface area contributed by atoms with Gasteiger partial charge in [-0.15, -0.1) is 0 Å². The first-order chi connectivity index (χ1) is 19.2. The van der Waals surface area contributed by atoms with E-state index in [-0.39, 0.29) is 5.54 Å². The molecule has 0 radical (unpaired) electrons. The minimum absolute atomic E-state index is 0.0768. The standard InChI is InChI=1S/C34H38N2O3S/c1-34(2,23-25-12-13-26-8-4-5-10-29(26)22-25)35-21-20-30(37)24-36(3)40-31-17-14-28(15-18-31)32-11-7-6-9-27(32)16-19-33(38)39/h4-19,22,30,35,37H,20-21,23-24H2,1-3H3,(H,38,39)/b19-16+/t30-/m1/s1. The number of aliphatic hydroxyl groups excluding tert-OH is 1. The topological polar surface area (TPSA) is 72.8 Å². The number of hydrogen-bond acceptors (Lipinski definition) is 5. The highest BCUT2D eigenvalue weighted by Gasteiger charge is 2.19. The molecule has 6 heteroatoms. The van der Waals surface area contributed by atoms with E-state index in [0.717, 1.165) is 40.6 Å². The highest BCUT2D eigenvalue weighted by atomic mass is 32.2. The second kappa shape index (κ2) is 13.8. The summed E-state index contributed by atoms with van der Waals surface area (Å²) < 4.78 is 2.06. The average molecular weight is 555 g/mol. The van der Waals surface area contributed by atoms with Crippen molar-refractivity contribution < 1.29 is 15.0 Å². The number of nitrogens with one attached hydrogen (secondary N) is 1. The van der Waals surface area contributed by atoms with Gasteiger partial charge in [0.1, 0.15) is 0 Å². The Morgan fingerprint density at radius 2 is 1.68 bits per heavy atom. The van der Waals surface area contributed by atoms with Gasteiger partial charge in [-0.2, -0.15) is 0 Å². The second-order valence-electron chi connectivity index (χ2n) is 10.8. The monoisotopic (exact) mass is 554 g/mol. The molecule has 0 aromatic heterocycles. The summed E-state index contributed by atoms with van der Waals surface area (Å²) in [4.78, 5) is 12.0. The van der Waals surface area contributed by atoms with Gasteiger partial charge in [-0.25, -0.2) is 9.10 Å². The molecule has 208 valence electrons. The van der Waals surface area contributed by atoms with E-state index in [1.165, 1.54) is 16.3 Å². The summed E-state index contributed by atoms with van der Waals surface area (Å²) in [6.07, 6.45) is 3.93. The zero-order valence-corrected chi connectivity index (χ0v) is 24.2. The van der Waals surface area contributed by atoms with Crippen LogP contribution in [0.25, 0.3) is 28.0 Å². The molecule has 0 saturated carbocycles. The van der Waals surface area contributed by atoms with Gasteiger partial charge in [0.2, 0.25) is 0 Å². The number of carbonyl (C=O) groups is 1. The van der Waals surface area contributed by atoms with E-state index in [1.807, 2.05) is 43.4 Å². The highest BCUT2D eigenvalue weighted by Crippen LogP contribution is 2.29. The molecule has 0 aliphatic heterocycles. The van der Waals surface area contributed by atoms with Crippen LogP contribution < -0.4 is 5.32 Å². The van der Waals surface area contributed by atoms with Crippen LogP contribution in [0.2, 0.25) is 0 Å². The van der Waals surface area contributed by atoms with E-state index in [9.17, 15) is 9.90 Å². The molecule has 0 saturated heterocycles. The molecule has 0 fully saturated rings. The molecule has 0 spiro atoms. The molecule has 4 aromatic carbocycles. The Hall–Kier alpha value is -3.42. The third-order valence-corrected chi connectivity index (χ3v) is 7.75.